The molecule has 0 atom stereocenters. The second kappa shape index (κ2) is 11.8. The first kappa shape index (κ1) is 28.4. The maximum absolute atomic E-state index is 13.1. The van der Waals surface area contributed by atoms with Gasteiger partial charge in [0.2, 0.25) is 5.91 Å². The Morgan fingerprint density at radius 1 is 0.884 bits per heavy atom. The van der Waals surface area contributed by atoms with Gasteiger partial charge in [-0.15, -0.1) is 0 Å². The molecule has 0 saturated carbocycles. The number of piperidine rings is 1. The largest absolute Gasteiger partial charge is 0.416 e. The Morgan fingerprint density at radius 2 is 1.56 bits per heavy atom. The number of carbonyl (C=O) groups is 1. The predicted octanol–water partition coefficient (Wildman–Crippen LogP) is 5.74. The lowest BCUT2D eigenvalue weighted by Crippen LogP contribution is -2.38. The fourth-order valence-electron chi connectivity index (χ4n) is 5.34. The number of rotatable bonds is 8. The van der Waals surface area contributed by atoms with Crippen LogP contribution in [0.4, 0.5) is 19.0 Å². The molecule has 1 aliphatic rings. The lowest BCUT2D eigenvalue weighted by atomic mass is 10.0. The number of alkyl halides is 3. The molecule has 1 aliphatic heterocycles. The zero-order valence-electron chi connectivity index (χ0n) is 23.3. The number of hydrogen-bond acceptors (Lipinski definition) is 6. The lowest BCUT2D eigenvalue weighted by Gasteiger charge is -2.32. The summed E-state index contributed by atoms with van der Waals surface area (Å²) in [6.07, 6.45) is -0.921. The van der Waals surface area contributed by atoms with Crippen LogP contribution in [0.1, 0.15) is 39.9 Å². The van der Waals surface area contributed by atoms with Crippen LogP contribution < -0.4 is 11.1 Å². The van der Waals surface area contributed by atoms with Gasteiger partial charge >= 0.3 is 6.18 Å². The molecule has 3 heterocycles. The van der Waals surface area contributed by atoms with Crippen molar-refractivity contribution < 1.29 is 18.0 Å². The van der Waals surface area contributed by atoms with Crippen molar-refractivity contribution >= 4 is 22.9 Å². The van der Waals surface area contributed by atoms with Gasteiger partial charge in [0.15, 0.2) is 17.3 Å². The number of nitrogens with one attached hydrogen (secondary N) is 1. The summed E-state index contributed by atoms with van der Waals surface area (Å²) in [6, 6.07) is 22.4. The SMILES string of the molecule is NC(=O)c1ccc(-c2nc(NC3CCN(Cc4ccccc4)CC3)c3ncn(Cc4ccc(C(F)(F)F)cc4)c3n2)cc1. The van der Waals surface area contributed by atoms with E-state index in [0.717, 1.165) is 44.6 Å². The molecule has 11 heteroatoms. The van der Waals surface area contributed by atoms with Gasteiger partial charge in [-0.2, -0.15) is 13.2 Å². The van der Waals surface area contributed by atoms with Crippen molar-refractivity contribution in [2.75, 3.05) is 18.4 Å². The van der Waals surface area contributed by atoms with E-state index in [2.05, 4.69) is 39.5 Å². The molecule has 0 aliphatic carbocycles. The molecule has 0 radical (unpaired) electrons. The Labute approximate surface area is 246 Å². The third-order valence-electron chi connectivity index (χ3n) is 7.70. The van der Waals surface area contributed by atoms with Crippen LogP contribution in [0.25, 0.3) is 22.6 Å². The highest BCUT2D eigenvalue weighted by Crippen LogP contribution is 2.30. The molecule has 1 saturated heterocycles. The Kier molecular flexibility index (Phi) is 7.81. The topological polar surface area (TPSA) is 102 Å². The lowest BCUT2D eigenvalue weighted by molar-refractivity contribution is -0.137. The van der Waals surface area contributed by atoms with E-state index in [9.17, 15) is 18.0 Å². The minimum atomic E-state index is -4.40. The molecular formula is C32H30F3N7O. The molecule has 5 aromatic rings. The summed E-state index contributed by atoms with van der Waals surface area (Å²) in [5.74, 6) is 0.492. The van der Waals surface area contributed by atoms with Gasteiger partial charge in [0.25, 0.3) is 0 Å². The van der Waals surface area contributed by atoms with Gasteiger partial charge in [-0.25, -0.2) is 15.0 Å². The third-order valence-corrected chi connectivity index (χ3v) is 7.70. The van der Waals surface area contributed by atoms with E-state index < -0.39 is 17.6 Å². The van der Waals surface area contributed by atoms with Crippen LogP contribution in [0.15, 0.2) is 85.2 Å². The van der Waals surface area contributed by atoms with E-state index >= 15 is 0 Å². The fourth-order valence-corrected chi connectivity index (χ4v) is 5.34. The minimum absolute atomic E-state index is 0.176. The zero-order chi connectivity index (χ0) is 30.0. The molecule has 8 nitrogen and oxygen atoms in total. The summed E-state index contributed by atoms with van der Waals surface area (Å²) in [4.78, 5) is 28.3. The Hall–Kier alpha value is -4.77. The van der Waals surface area contributed by atoms with Gasteiger partial charge in [-0.05, 0) is 48.2 Å². The van der Waals surface area contributed by atoms with Gasteiger partial charge in [0.05, 0.1) is 18.4 Å². The van der Waals surface area contributed by atoms with Gasteiger partial charge in [0.1, 0.15) is 5.52 Å². The molecule has 3 N–H and O–H groups in total. The highest BCUT2D eigenvalue weighted by atomic mass is 19.4. The molecule has 0 bridgehead atoms. The first-order valence-electron chi connectivity index (χ1n) is 14.0. The molecule has 3 aromatic carbocycles. The number of nitrogens with two attached hydrogens (primary N) is 1. The molecular weight excluding hydrogens is 555 g/mol. The highest BCUT2D eigenvalue weighted by molar-refractivity contribution is 5.93. The van der Waals surface area contributed by atoms with Crippen LogP contribution in [0, 0.1) is 0 Å². The van der Waals surface area contributed by atoms with Gasteiger partial charge in [-0.1, -0.05) is 54.6 Å². The van der Waals surface area contributed by atoms with Crippen LogP contribution in [0.3, 0.4) is 0 Å². The van der Waals surface area contributed by atoms with Crippen LogP contribution in [0.2, 0.25) is 0 Å². The Balaban J connectivity index is 1.27. The maximum Gasteiger partial charge on any atom is 0.416 e. The number of likely N-dealkylation sites (tertiary alicyclic amines) is 1. The molecule has 0 unspecified atom stereocenters. The molecule has 1 amide bonds. The van der Waals surface area contributed by atoms with E-state index in [1.54, 1.807) is 35.2 Å². The Morgan fingerprint density at radius 3 is 2.21 bits per heavy atom. The number of nitrogens with zero attached hydrogens (tertiary/aromatic N) is 5. The van der Waals surface area contributed by atoms with Crippen LogP contribution >= 0.6 is 0 Å². The number of hydrogen-bond donors (Lipinski definition) is 2. The number of anilines is 1. The summed E-state index contributed by atoms with van der Waals surface area (Å²) in [7, 11) is 0. The quantitative estimate of drug-likeness (QED) is 0.241. The normalized spacial score (nSPS) is 14.7. The van der Waals surface area contributed by atoms with E-state index in [0.29, 0.717) is 39.5 Å². The second-order valence-corrected chi connectivity index (χ2v) is 10.8. The van der Waals surface area contributed by atoms with Crippen molar-refractivity contribution in [2.24, 2.45) is 5.73 Å². The monoisotopic (exact) mass is 585 g/mol. The summed E-state index contributed by atoms with van der Waals surface area (Å²) in [5.41, 5.74) is 8.88. The van der Waals surface area contributed by atoms with Gasteiger partial charge in [0, 0.05) is 36.8 Å². The minimum Gasteiger partial charge on any atom is -0.366 e. The van der Waals surface area contributed by atoms with Crippen molar-refractivity contribution in [2.45, 2.75) is 38.1 Å². The molecule has 43 heavy (non-hydrogen) atoms. The molecule has 1 fully saturated rings. The first-order chi connectivity index (χ1) is 20.7. The predicted molar refractivity (Wildman–Crippen MR) is 158 cm³/mol. The van der Waals surface area contributed by atoms with Crippen LogP contribution in [-0.4, -0.2) is 49.5 Å². The van der Waals surface area contributed by atoms with E-state index in [1.165, 1.54) is 17.7 Å². The smallest absolute Gasteiger partial charge is 0.366 e. The van der Waals surface area contributed by atoms with Crippen LogP contribution in [0.5, 0.6) is 0 Å². The van der Waals surface area contributed by atoms with E-state index in [4.69, 9.17) is 15.7 Å². The number of halogens is 3. The van der Waals surface area contributed by atoms with Gasteiger partial charge in [-0.3, -0.25) is 9.69 Å². The number of imidazole rings is 1. The fraction of sp³-hybridized carbons (Fsp3) is 0.250. The second-order valence-electron chi connectivity index (χ2n) is 10.8. The number of fused-ring (bicyclic) bond motifs is 1. The first-order valence-corrected chi connectivity index (χ1v) is 14.0. The maximum atomic E-state index is 13.1. The van der Waals surface area contributed by atoms with Gasteiger partial charge < -0.3 is 15.6 Å². The van der Waals surface area contributed by atoms with E-state index in [-0.39, 0.29) is 12.6 Å². The molecule has 220 valence electrons. The average molecular weight is 586 g/mol. The average Bonchev–Trinajstić information content (AvgIpc) is 3.41. The van der Waals surface area contributed by atoms with E-state index in [1.807, 2.05) is 6.07 Å². The van der Waals surface area contributed by atoms with Crippen molar-refractivity contribution in [3.8, 4) is 11.4 Å². The summed E-state index contributed by atoms with van der Waals surface area (Å²) in [6.45, 7) is 3.06. The standard InChI is InChI=1S/C32H30F3N7O/c33-32(34,35)25-12-6-22(7-13-25)19-42-20-37-27-30(38-26-14-16-41(17-15-26)18-21-4-2-1-3-5-21)39-29(40-31(27)42)24-10-8-23(9-11-24)28(36)43/h1-13,20,26H,14-19H2,(H2,36,43)(H,38,39,40). The Bertz CT molecular complexity index is 1710. The number of carbonyl (C=O) groups excluding carboxylic acids is 1. The number of benzene rings is 3. The number of primary amides is 1. The van der Waals surface area contributed by atoms with Crippen LogP contribution in [-0.2, 0) is 19.3 Å². The van der Waals surface area contributed by atoms with Crippen molar-refractivity contribution in [3.05, 3.63) is 107 Å². The number of amides is 1. The number of aromatic nitrogens is 4. The zero-order valence-corrected chi connectivity index (χ0v) is 23.3. The summed E-state index contributed by atoms with van der Waals surface area (Å²) >= 11 is 0. The van der Waals surface area contributed by atoms with Crippen molar-refractivity contribution in [1.29, 1.82) is 0 Å². The third kappa shape index (κ3) is 6.51. The summed E-state index contributed by atoms with van der Waals surface area (Å²) in [5, 5.41) is 3.60. The molecule has 6 rings (SSSR count). The van der Waals surface area contributed by atoms with Crippen molar-refractivity contribution in [1.82, 2.24) is 24.4 Å². The van der Waals surface area contributed by atoms with Crippen molar-refractivity contribution in [3.63, 3.8) is 0 Å². The molecule has 2 aromatic heterocycles. The summed E-state index contributed by atoms with van der Waals surface area (Å²) < 4.78 is 41.0. The highest BCUT2D eigenvalue weighted by Gasteiger charge is 2.30. The molecule has 0 spiro atoms.